The molecule has 1 aromatic rings. The summed E-state index contributed by atoms with van der Waals surface area (Å²) >= 11 is 5.65. The number of hydrogen-bond donors (Lipinski definition) is 0. The van der Waals surface area contributed by atoms with Crippen molar-refractivity contribution in [1.82, 2.24) is 0 Å². The first-order valence-electron chi connectivity index (χ1n) is 4.46. The number of esters is 1. The number of alkyl halides is 2. The number of hydrogen-bond acceptors (Lipinski definition) is 3. The lowest BCUT2D eigenvalue weighted by Gasteiger charge is -2.11. The molecule has 0 saturated carbocycles. The predicted octanol–water partition coefficient (Wildman–Crippen LogP) is 3.12. The molecule has 6 heteroatoms. The van der Waals surface area contributed by atoms with E-state index >= 15 is 0 Å². The zero-order valence-corrected chi connectivity index (χ0v) is 9.13. The van der Waals surface area contributed by atoms with Crippen molar-refractivity contribution in [2.24, 2.45) is 0 Å². The van der Waals surface area contributed by atoms with Gasteiger partial charge >= 0.3 is 12.6 Å². The summed E-state index contributed by atoms with van der Waals surface area (Å²) < 4.78 is 33.1. The fraction of sp³-hybridized carbons (Fsp3) is 0.300. The third-order valence-corrected chi connectivity index (χ3v) is 1.97. The Kier molecular flexibility index (Phi) is 4.49. The van der Waals surface area contributed by atoms with Crippen LogP contribution in [0, 0.1) is 0 Å². The first-order chi connectivity index (χ1) is 7.56. The lowest BCUT2D eigenvalue weighted by Crippen LogP contribution is -2.10. The topological polar surface area (TPSA) is 35.5 Å². The van der Waals surface area contributed by atoms with Gasteiger partial charge in [0.15, 0.2) is 5.75 Å². The Balaban J connectivity index is 3.07. The summed E-state index contributed by atoms with van der Waals surface area (Å²) in [6.45, 7) is -1.30. The molecule has 0 aliphatic rings. The maximum Gasteiger partial charge on any atom is 0.387 e. The average molecular weight is 251 g/mol. The number of para-hydroxylation sites is 1. The molecule has 0 heterocycles. The van der Waals surface area contributed by atoms with Crippen molar-refractivity contribution < 1.29 is 23.0 Å². The van der Waals surface area contributed by atoms with Crippen molar-refractivity contribution in [2.75, 3.05) is 6.61 Å². The lowest BCUT2D eigenvalue weighted by atomic mass is 10.2. The molecule has 0 atom stereocenters. The van der Waals surface area contributed by atoms with Gasteiger partial charge in [-0.3, -0.25) is 0 Å². The van der Waals surface area contributed by atoms with Crippen LogP contribution in [0.15, 0.2) is 18.2 Å². The monoisotopic (exact) mass is 250 g/mol. The molecule has 16 heavy (non-hydrogen) atoms. The highest BCUT2D eigenvalue weighted by Crippen LogP contribution is 2.30. The minimum atomic E-state index is -3.05. The van der Waals surface area contributed by atoms with Crippen molar-refractivity contribution in [3.05, 3.63) is 28.8 Å². The van der Waals surface area contributed by atoms with Crippen molar-refractivity contribution >= 4 is 17.6 Å². The molecule has 0 N–H and O–H groups in total. The van der Waals surface area contributed by atoms with Gasteiger partial charge < -0.3 is 9.47 Å². The van der Waals surface area contributed by atoms with E-state index in [4.69, 9.17) is 11.6 Å². The van der Waals surface area contributed by atoms with E-state index in [1.165, 1.54) is 18.2 Å². The van der Waals surface area contributed by atoms with Crippen LogP contribution in [0.1, 0.15) is 17.3 Å². The van der Waals surface area contributed by atoms with Crippen LogP contribution in [0.2, 0.25) is 5.02 Å². The third kappa shape index (κ3) is 3.06. The molecule has 0 amide bonds. The van der Waals surface area contributed by atoms with E-state index in [0.29, 0.717) is 0 Å². The molecule has 0 radical (unpaired) electrons. The Labute approximate surface area is 95.9 Å². The van der Waals surface area contributed by atoms with Gasteiger partial charge in [-0.05, 0) is 19.1 Å². The molecule has 0 saturated heterocycles. The molecule has 0 unspecified atom stereocenters. The summed E-state index contributed by atoms with van der Waals surface area (Å²) in [7, 11) is 0. The molecule has 0 aliphatic carbocycles. The van der Waals surface area contributed by atoms with Crippen molar-refractivity contribution in [3.8, 4) is 5.75 Å². The molecule has 0 spiro atoms. The molecule has 0 aliphatic heterocycles. The fourth-order valence-electron chi connectivity index (χ4n) is 1.09. The Morgan fingerprint density at radius 2 is 2.19 bits per heavy atom. The van der Waals surface area contributed by atoms with E-state index in [2.05, 4.69) is 9.47 Å². The van der Waals surface area contributed by atoms with Crippen LogP contribution < -0.4 is 4.74 Å². The number of rotatable bonds is 4. The summed E-state index contributed by atoms with van der Waals surface area (Å²) in [6.07, 6.45) is 0. The molecular formula is C10H9ClF2O3. The minimum absolute atomic E-state index is 0.0640. The number of carbonyl (C=O) groups is 1. The smallest absolute Gasteiger partial charge is 0.387 e. The van der Waals surface area contributed by atoms with Crippen molar-refractivity contribution in [2.45, 2.75) is 13.5 Å². The Bertz CT molecular complexity index is 382. The summed E-state index contributed by atoms with van der Waals surface area (Å²) in [5.41, 5.74) is -0.116. The average Bonchev–Trinajstić information content (AvgIpc) is 2.20. The van der Waals surface area contributed by atoms with Crippen LogP contribution in [0.5, 0.6) is 5.75 Å². The van der Waals surface area contributed by atoms with Crippen molar-refractivity contribution in [3.63, 3.8) is 0 Å². The second-order valence-electron chi connectivity index (χ2n) is 2.72. The lowest BCUT2D eigenvalue weighted by molar-refractivity contribution is -0.0503. The van der Waals surface area contributed by atoms with Crippen molar-refractivity contribution in [1.29, 1.82) is 0 Å². The van der Waals surface area contributed by atoms with E-state index in [1.807, 2.05) is 0 Å². The van der Waals surface area contributed by atoms with Crippen LogP contribution in [-0.4, -0.2) is 19.2 Å². The second kappa shape index (κ2) is 5.65. The van der Waals surface area contributed by atoms with Gasteiger partial charge in [0.05, 0.1) is 11.6 Å². The van der Waals surface area contributed by atoms with Crippen LogP contribution in [-0.2, 0) is 4.74 Å². The Hall–Kier alpha value is -1.36. The number of halogens is 3. The van der Waals surface area contributed by atoms with Gasteiger partial charge in [0.1, 0.15) is 5.56 Å². The maximum absolute atomic E-state index is 12.1. The van der Waals surface area contributed by atoms with Gasteiger partial charge in [-0.25, -0.2) is 4.79 Å². The fourth-order valence-corrected chi connectivity index (χ4v) is 1.31. The van der Waals surface area contributed by atoms with E-state index in [0.717, 1.165) is 0 Å². The molecule has 3 nitrogen and oxygen atoms in total. The molecule has 0 aromatic heterocycles. The summed E-state index contributed by atoms with van der Waals surface area (Å²) in [5.74, 6) is -1.11. The number of benzene rings is 1. The Morgan fingerprint density at radius 1 is 1.50 bits per heavy atom. The molecule has 1 aromatic carbocycles. The standard InChI is InChI=1S/C10H9ClF2O3/c1-2-15-9(14)6-4-3-5-7(11)8(6)16-10(12)13/h3-5,10H,2H2,1H3. The molecule has 0 bridgehead atoms. The van der Waals surface area contributed by atoms with Crippen LogP contribution in [0.25, 0.3) is 0 Å². The SMILES string of the molecule is CCOC(=O)c1cccc(Cl)c1OC(F)F. The van der Waals surface area contributed by atoms with E-state index in [-0.39, 0.29) is 22.9 Å². The molecule has 0 fully saturated rings. The molecular weight excluding hydrogens is 242 g/mol. The number of carbonyl (C=O) groups excluding carboxylic acids is 1. The first kappa shape index (κ1) is 12.7. The van der Waals surface area contributed by atoms with Gasteiger partial charge in [-0.2, -0.15) is 8.78 Å². The largest absolute Gasteiger partial charge is 0.462 e. The number of ether oxygens (including phenoxy) is 2. The second-order valence-corrected chi connectivity index (χ2v) is 3.12. The van der Waals surface area contributed by atoms with E-state index < -0.39 is 12.6 Å². The third-order valence-electron chi connectivity index (χ3n) is 1.67. The van der Waals surface area contributed by atoms with Gasteiger partial charge in [-0.1, -0.05) is 17.7 Å². The zero-order valence-electron chi connectivity index (χ0n) is 8.38. The maximum atomic E-state index is 12.1. The highest BCUT2D eigenvalue weighted by atomic mass is 35.5. The van der Waals surface area contributed by atoms with Gasteiger partial charge in [0.2, 0.25) is 0 Å². The van der Waals surface area contributed by atoms with Crippen LogP contribution >= 0.6 is 11.6 Å². The van der Waals surface area contributed by atoms with Crippen LogP contribution in [0.3, 0.4) is 0 Å². The van der Waals surface area contributed by atoms with E-state index in [1.54, 1.807) is 6.92 Å². The van der Waals surface area contributed by atoms with Crippen LogP contribution in [0.4, 0.5) is 8.78 Å². The summed E-state index contributed by atoms with van der Waals surface area (Å²) in [4.78, 5) is 11.4. The van der Waals surface area contributed by atoms with Gasteiger partial charge in [0, 0.05) is 0 Å². The highest BCUT2D eigenvalue weighted by Gasteiger charge is 2.19. The normalized spacial score (nSPS) is 10.3. The van der Waals surface area contributed by atoms with E-state index in [9.17, 15) is 13.6 Å². The summed E-state index contributed by atoms with van der Waals surface area (Å²) in [6, 6.07) is 4.11. The Morgan fingerprint density at radius 3 is 2.75 bits per heavy atom. The summed E-state index contributed by atoms with van der Waals surface area (Å²) in [5, 5.41) is -0.0640. The van der Waals surface area contributed by atoms with Gasteiger partial charge in [0.25, 0.3) is 0 Å². The zero-order chi connectivity index (χ0) is 12.1. The minimum Gasteiger partial charge on any atom is -0.462 e. The predicted molar refractivity (Wildman–Crippen MR) is 54.0 cm³/mol. The highest BCUT2D eigenvalue weighted by molar-refractivity contribution is 6.32. The molecule has 88 valence electrons. The van der Waals surface area contributed by atoms with Gasteiger partial charge in [-0.15, -0.1) is 0 Å². The molecule has 1 rings (SSSR count). The first-order valence-corrected chi connectivity index (χ1v) is 4.84. The quantitative estimate of drug-likeness (QED) is 0.770.